The summed E-state index contributed by atoms with van der Waals surface area (Å²) in [5, 5.41) is 0. The van der Waals surface area contributed by atoms with E-state index in [1.54, 1.807) is 24.3 Å². The number of nitrogens with one attached hydrogen (secondary N) is 1. The summed E-state index contributed by atoms with van der Waals surface area (Å²) < 4.78 is 33.3. The lowest BCUT2D eigenvalue weighted by atomic mass is 10.2. The van der Waals surface area contributed by atoms with Crippen LogP contribution in [-0.2, 0) is 6.61 Å². The number of aromatic nitrogens is 2. The van der Waals surface area contributed by atoms with Crippen LogP contribution in [0.1, 0.15) is 5.56 Å². The number of halogens is 2. The minimum Gasteiger partial charge on any atom is -0.486 e. The fraction of sp³-hybridized carbons (Fsp3) is 0.0500. The van der Waals surface area contributed by atoms with E-state index in [1.165, 1.54) is 18.2 Å². The van der Waals surface area contributed by atoms with Gasteiger partial charge in [0.1, 0.15) is 18.2 Å². The molecule has 124 valence electrons. The number of para-hydroxylation sites is 2. The predicted molar refractivity (Wildman–Crippen MR) is 92.2 cm³/mol. The number of imidazole rings is 1. The third kappa shape index (κ3) is 3.08. The largest absolute Gasteiger partial charge is 0.486 e. The molecule has 0 aliphatic rings. The lowest BCUT2D eigenvalue weighted by Crippen LogP contribution is -2.00. The summed E-state index contributed by atoms with van der Waals surface area (Å²) in [4.78, 5) is 7.60. The first-order chi connectivity index (χ1) is 12.2. The molecule has 1 heterocycles. The Morgan fingerprint density at radius 2 is 1.68 bits per heavy atom. The second-order valence-corrected chi connectivity index (χ2v) is 5.63. The summed E-state index contributed by atoms with van der Waals surface area (Å²) in [6, 6.07) is 18.5. The minimum atomic E-state index is -0.519. The first kappa shape index (κ1) is 15.3. The number of fused-ring (bicyclic) bond motifs is 1. The molecule has 3 nitrogen and oxygen atoms in total. The topological polar surface area (TPSA) is 37.9 Å². The van der Waals surface area contributed by atoms with E-state index in [1.807, 2.05) is 24.3 Å². The van der Waals surface area contributed by atoms with E-state index >= 15 is 0 Å². The number of ether oxygens (including phenoxy) is 1. The fourth-order valence-corrected chi connectivity index (χ4v) is 2.63. The van der Waals surface area contributed by atoms with Gasteiger partial charge in [-0.15, -0.1) is 0 Å². The Labute approximate surface area is 142 Å². The number of hydrogen-bond acceptors (Lipinski definition) is 2. The average molecular weight is 336 g/mol. The zero-order chi connectivity index (χ0) is 17.2. The van der Waals surface area contributed by atoms with Gasteiger partial charge in [0.2, 0.25) is 0 Å². The van der Waals surface area contributed by atoms with E-state index in [9.17, 15) is 8.78 Å². The van der Waals surface area contributed by atoms with E-state index in [0.29, 0.717) is 17.0 Å². The molecule has 1 N–H and O–H groups in total. The number of benzene rings is 3. The van der Waals surface area contributed by atoms with Crippen molar-refractivity contribution >= 4 is 11.0 Å². The van der Waals surface area contributed by atoms with E-state index in [2.05, 4.69) is 9.97 Å². The molecule has 0 atom stereocenters. The highest BCUT2D eigenvalue weighted by Gasteiger charge is 2.10. The summed E-state index contributed by atoms with van der Waals surface area (Å²) in [6.07, 6.45) is 0. The second kappa shape index (κ2) is 6.36. The highest BCUT2D eigenvalue weighted by Crippen LogP contribution is 2.26. The normalized spacial score (nSPS) is 11.0. The Kier molecular flexibility index (Phi) is 3.90. The highest BCUT2D eigenvalue weighted by atomic mass is 19.1. The maximum Gasteiger partial charge on any atom is 0.165 e. The van der Waals surface area contributed by atoms with Gasteiger partial charge in [-0.05, 0) is 36.4 Å². The van der Waals surface area contributed by atoms with Gasteiger partial charge in [0.05, 0.1) is 11.0 Å². The Hall–Kier alpha value is -3.21. The molecular weight excluding hydrogens is 322 g/mol. The van der Waals surface area contributed by atoms with Gasteiger partial charge in [-0.3, -0.25) is 0 Å². The van der Waals surface area contributed by atoms with Crippen molar-refractivity contribution in [2.75, 3.05) is 0 Å². The molecule has 0 bridgehead atoms. The zero-order valence-corrected chi connectivity index (χ0v) is 13.2. The lowest BCUT2D eigenvalue weighted by molar-refractivity contribution is 0.285. The SMILES string of the molecule is Fc1ccccc1COc1ccc(-c2nc3ccccc3[nH]2)cc1F. The molecule has 0 fully saturated rings. The van der Waals surface area contributed by atoms with Crippen molar-refractivity contribution in [2.24, 2.45) is 0 Å². The average Bonchev–Trinajstić information content (AvgIpc) is 3.06. The molecule has 0 aliphatic carbocycles. The van der Waals surface area contributed by atoms with Crippen molar-refractivity contribution in [1.82, 2.24) is 9.97 Å². The van der Waals surface area contributed by atoms with Crippen molar-refractivity contribution in [1.29, 1.82) is 0 Å². The number of H-pyrrole nitrogens is 1. The number of nitrogens with zero attached hydrogens (tertiary/aromatic N) is 1. The van der Waals surface area contributed by atoms with Crippen LogP contribution in [0.5, 0.6) is 5.75 Å². The van der Waals surface area contributed by atoms with Gasteiger partial charge >= 0.3 is 0 Å². The molecule has 25 heavy (non-hydrogen) atoms. The van der Waals surface area contributed by atoms with Crippen LogP contribution in [0.2, 0.25) is 0 Å². The van der Waals surface area contributed by atoms with Crippen LogP contribution in [0.3, 0.4) is 0 Å². The van der Waals surface area contributed by atoms with Gasteiger partial charge in [-0.2, -0.15) is 0 Å². The van der Waals surface area contributed by atoms with Crippen LogP contribution in [-0.4, -0.2) is 9.97 Å². The van der Waals surface area contributed by atoms with Crippen LogP contribution >= 0.6 is 0 Å². The quantitative estimate of drug-likeness (QED) is 0.564. The first-order valence-electron chi connectivity index (χ1n) is 7.81. The molecule has 0 saturated carbocycles. The van der Waals surface area contributed by atoms with E-state index in [4.69, 9.17) is 4.74 Å². The zero-order valence-electron chi connectivity index (χ0n) is 13.2. The summed E-state index contributed by atoms with van der Waals surface area (Å²) in [5.74, 6) is -0.236. The Bertz CT molecular complexity index is 1010. The van der Waals surface area contributed by atoms with Gasteiger partial charge in [-0.25, -0.2) is 13.8 Å². The Morgan fingerprint density at radius 1 is 0.880 bits per heavy atom. The monoisotopic (exact) mass is 336 g/mol. The number of rotatable bonds is 4. The summed E-state index contributed by atoms with van der Waals surface area (Å²) in [5.41, 5.74) is 2.70. The van der Waals surface area contributed by atoms with Gasteiger partial charge in [0.15, 0.2) is 11.6 Å². The van der Waals surface area contributed by atoms with Crippen molar-refractivity contribution < 1.29 is 13.5 Å². The minimum absolute atomic E-state index is 0.0341. The molecule has 0 radical (unpaired) electrons. The van der Waals surface area contributed by atoms with Crippen LogP contribution < -0.4 is 4.74 Å². The molecule has 0 amide bonds. The van der Waals surface area contributed by atoms with Crippen molar-refractivity contribution in [2.45, 2.75) is 6.61 Å². The number of hydrogen-bond donors (Lipinski definition) is 1. The van der Waals surface area contributed by atoms with Gasteiger partial charge in [0.25, 0.3) is 0 Å². The van der Waals surface area contributed by atoms with E-state index in [-0.39, 0.29) is 18.2 Å². The lowest BCUT2D eigenvalue weighted by Gasteiger charge is -2.09. The Balaban J connectivity index is 1.57. The van der Waals surface area contributed by atoms with E-state index < -0.39 is 5.82 Å². The second-order valence-electron chi connectivity index (χ2n) is 5.63. The summed E-state index contributed by atoms with van der Waals surface area (Å²) in [7, 11) is 0. The van der Waals surface area contributed by atoms with Crippen LogP contribution in [0.15, 0.2) is 66.7 Å². The highest BCUT2D eigenvalue weighted by molar-refractivity contribution is 5.79. The molecule has 0 saturated heterocycles. The van der Waals surface area contributed by atoms with Crippen LogP contribution in [0, 0.1) is 11.6 Å². The van der Waals surface area contributed by atoms with Gasteiger partial charge < -0.3 is 9.72 Å². The molecule has 1 aromatic heterocycles. The standard InChI is InChI=1S/C20H14F2N2O/c21-15-6-2-1-5-14(15)12-25-19-10-9-13(11-16(19)22)20-23-17-7-3-4-8-18(17)24-20/h1-11H,12H2,(H,23,24). The molecule has 0 spiro atoms. The molecule has 4 aromatic rings. The van der Waals surface area contributed by atoms with Gasteiger partial charge in [-0.1, -0.05) is 30.3 Å². The Morgan fingerprint density at radius 3 is 2.48 bits per heavy atom. The molecular formula is C20H14F2N2O. The summed E-state index contributed by atoms with van der Waals surface area (Å²) in [6.45, 7) is -0.0341. The smallest absolute Gasteiger partial charge is 0.165 e. The van der Waals surface area contributed by atoms with Gasteiger partial charge in [0, 0.05) is 11.1 Å². The molecule has 4 rings (SSSR count). The third-order valence-corrected chi connectivity index (χ3v) is 3.94. The van der Waals surface area contributed by atoms with Crippen molar-refractivity contribution in [3.8, 4) is 17.1 Å². The molecule has 5 heteroatoms. The maximum atomic E-state index is 14.3. The summed E-state index contributed by atoms with van der Waals surface area (Å²) >= 11 is 0. The number of aromatic amines is 1. The maximum absolute atomic E-state index is 14.3. The van der Waals surface area contributed by atoms with Crippen molar-refractivity contribution in [3.05, 3.63) is 83.9 Å². The molecule has 0 aliphatic heterocycles. The van der Waals surface area contributed by atoms with Crippen LogP contribution in [0.25, 0.3) is 22.4 Å². The molecule has 0 unspecified atom stereocenters. The van der Waals surface area contributed by atoms with E-state index in [0.717, 1.165) is 11.0 Å². The van der Waals surface area contributed by atoms with Crippen LogP contribution in [0.4, 0.5) is 8.78 Å². The third-order valence-electron chi connectivity index (χ3n) is 3.94. The predicted octanol–water partition coefficient (Wildman–Crippen LogP) is 5.09. The fourth-order valence-electron chi connectivity index (χ4n) is 2.63. The van der Waals surface area contributed by atoms with Crippen molar-refractivity contribution in [3.63, 3.8) is 0 Å². The molecule has 3 aromatic carbocycles. The first-order valence-corrected chi connectivity index (χ1v) is 7.81.